The van der Waals surface area contributed by atoms with Gasteiger partial charge in [0.25, 0.3) is 0 Å². The van der Waals surface area contributed by atoms with E-state index in [0.717, 1.165) is 0 Å². The highest BCUT2D eigenvalue weighted by atomic mass is 35.5. The van der Waals surface area contributed by atoms with Crippen LogP contribution in [0.4, 0.5) is 0 Å². The molecule has 0 bridgehead atoms. The number of methoxy groups -OCH3 is 1. The molecule has 1 fully saturated rings. The molecule has 19 heavy (non-hydrogen) atoms. The number of alkyl halides is 1. The smallest absolute Gasteiger partial charge is 0.246 e. The van der Waals surface area contributed by atoms with Crippen molar-refractivity contribution in [1.82, 2.24) is 4.31 Å². The Labute approximate surface area is 118 Å². The minimum Gasteiger partial charge on any atom is -0.465 e. The molecule has 1 unspecified atom stereocenters. The van der Waals surface area contributed by atoms with E-state index in [0.29, 0.717) is 36.6 Å². The van der Waals surface area contributed by atoms with Crippen LogP contribution in [0.5, 0.6) is 0 Å². The Kier molecular flexibility index (Phi) is 4.25. The van der Waals surface area contributed by atoms with Crippen molar-refractivity contribution in [3.8, 4) is 0 Å². The number of hydrogen-bond acceptors (Lipinski definition) is 4. The van der Waals surface area contributed by atoms with E-state index in [2.05, 4.69) is 0 Å². The number of rotatable bonds is 4. The number of nitrogens with zero attached hydrogens (tertiary/aromatic N) is 1. The summed E-state index contributed by atoms with van der Waals surface area (Å²) in [7, 11) is -1.96. The van der Waals surface area contributed by atoms with E-state index in [1.54, 1.807) is 21.0 Å². The highest BCUT2D eigenvalue weighted by Gasteiger charge is 2.36. The summed E-state index contributed by atoms with van der Waals surface area (Å²) in [4.78, 5) is 0.219. The summed E-state index contributed by atoms with van der Waals surface area (Å²) in [6, 6.07) is 0. The first-order chi connectivity index (χ1) is 8.91. The van der Waals surface area contributed by atoms with Gasteiger partial charge in [0.2, 0.25) is 10.0 Å². The quantitative estimate of drug-likeness (QED) is 0.799. The standard InChI is InChI=1S/C12H18ClNO4S/c1-8-11(6-13)12(9(2)18-8)19(15,16)14-5-4-10(7-14)17-3/h10H,4-7H2,1-3H3. The number of aryl methyl sites for hydroxylation is 2. The number of hydrogen-bond donors (Lipinski definition) is 0. The molecule has 1 aromatic rings. The molecular formula is C12H18ClNO4S. The molecule has 0 saturated carbocycles. The first kappa shape index (κ1) is 14.8. The molecule has 0 aliphatic carbocycles. The number of furan rings is 1. The van der Waals surface area contributed by atoms with Crippen LogP contribution in [-0.2, 0) is 20.6 Å². The number of sulfonamides is 1. The predicted molar refractivity (Wildman–Crippen MR) is 71.9 cm³/mol. The van der Waals surface area contributed by atoms with Gasteiger partial charge in [-0.15, -0.1) is 11.6 Å². The molecule has 7 heteroatoms. The fraction of sp³-hybridized carbons (Fsp3) is 0.667. The Morgan fingerprint density at radius 2 is 2.11 bits per heavy atom. The molecule has 0 amide bonds. The Morgan fingerprint density at radius 3 is 2.63 bits per heavy atom. The zero-order chi connectivity index (χ0) is 14.2. The molecule has 1 aromatic heterocycles. The molecule has 2 rings (SSSR count). The Balaban J connectivity index is 2.41. The third-order valence-corrected chi connectivity index (χ3v) is 5.83. The van der Waals surface area contributed by atoms with Crippen LogP contribution in [0.3, 0.4) is 0 Å². The van der Waals surface area contributed by atoms with Gasteiger partial charge in [0.15, 0.2) is 0 Å². The lowest BCUT2D eigenvalue weighted by Gasteiger charge is -2.16. The summed E-state index contributed by atoms with van der Waals surface area (Å²) < 4.78 is 37.4. The van der Waals surface area contributed by atoms with Gasteiger partial charge in [-0.3, -0.25) is 0 Å². The molecule has 0 aromatic carbocycles. The summed E-state index contributed by atoms with van der Waals surface area (Å²) in [6.45, 7) is 4.22. The Bertz CT molecular complexity index is 567. The van der Waals surface area contributed by atoms with Crippen molar-refractivity contribution in [2.75, 3.05) is 20.2 Å². The predicted octanol–water partition coefficient (Wildman–Crippen LogP) is 2.04. The molecule has 1 aliphatic heterocycles. The van der Waals surface area contributed by atoms with Crippen molar-refractivity contribution < 1.29 is 17.6 Å². The average Bonchev–Trinajstić information content (AvgIpc) is 2.93. The monoisotopic (exact) mass is 307 g/mol. The van der Waals surface area contributed by atoms with Crippen LogP contribution in [0.1, 0.15) is 23.5 Å². The van der Waals surface area contributed by atoms with E-state index in [1.807, 2.05) is 0 Å². The Hall–Kier alpha value is -0.560. The van der Waals surface area contributed by atoms with Crippen molar-refractivity contribution >= 4 is 21.6 Å². The molecule has 108 valence electrons. The Morgan fingerprint density at radius 1 is 1.42 bits per heavy atom. The fourth-order valence-corrected chi connectivity index (χ4v) is 4.74. The largest absolute Gasteiger partial charge is 0.465 e. The highest BCUT2D eigenvalue weighted by Crippen LogP contribution is 2.32. The minimum atomic E-state index is -3.56. The zero-order valence-electron chi connectivity index (χ0n) is 11.3. The number of ether oxygens (including phenoxy) is 1. The first-order valence-corrected chi connectivity index (χ1v) is 8.07. The summed E-state index contributed by atoms with van der Waals surface area (Å²) >= 11 is 5.85. The van der Waals surface area contributed by atoms with Gasteiger partial charge in [-0.05, 0) is 20.3 Å². The second-order valence-electron chi connectivity index (χ2n) is 4.67. The van der Waals surface area contributed by atoms with Gasteiger partial charge in [0, 0.05) is 25.8 Å². The van der Waals surface area contributed by atoms with E-state index < -0.39 is 10.0 Å². The van der Waals surface area contributed by atoms with Crippen LogP contribution in [-0.4, -0.2) is 39.0 Å². The van der Waals surface area contributed by atoms with E-state index in [9.17, 15) is 8.42 Å². The normalized spacial score (nSPS) is 21.2. The fourth-order valence-electron chi connectivity index (χ4n) is 2.44. The second kappa shape index (κ2) is 5.44. The molecule has 1 saturated heterocycles. The zero-order valence-corrected chi connectivity index (χ0v) is 12.8. The van der Waals surface area contributed by atoms with Crippen LogP contribution in [0.25, 0.3) is 0 Å². The summed E-state index contributed by atoms with van der Waals surface area (Å²) in [5, 5.41) is 0. The van der Waals surface area contributed by atoms with Gasteiger partial charge in [-0.2, -0.15) is 4.31 Å². The van der Waals surface area contributed by atoms with Crippen molar-refractivity contribution in [2.24, 2.45) is 0 Å². The lowest BCUT2D eigenvalue weighted by atomic mass is 10.3. The van der Waals surface area contributed by atoms with Gasteiger partial charge in [0.1, 0.15) is 16.4 Å². The van der Waals surface area contributed by atoms with Gasteiger partial charge in [0.05, 0.1) is 12.0 Å². The van der Waals surface area contributed by atoms with Gasteiger partial charge < -0.3 is 9.15 Å². The maximum atomic E-state index is 12.7. The highest BCUT2D eigenvalue weighted by molar-refractivity contribution is 7.89. The van der Waals surface area contributed by atoms with E-state index in [1.165, 1.54) is 4.31 Å². The van der Waals surface area contributed by atoms with Crippen molar-refractivity contribution in [3.63, 3.8) is 0 Å². The summed E-state index contributed by atoms with van der Waals surface area (Å²) in [5.41, 5.74) is 0.556. The first-order valence-electron chi connectivity index (χ1n) is 6.09. The third kappa shape index (κ3) is 2.54. The number of halogens is 1. The maximum Gasteiger partial charge on any atom is 0.246 e. The van der Waals surface area contributed by atoms with Crippen LogP contribution in [0.15, 0.2) is 9.31 Å². The van der Waals surface area contributed by atoms with Crippen LogP contribution >= 0.6 is 11.6 Å². The molecule has 0 radical (unpaired) electrons. The van der Waals surface area contributed by atoms with Gasteiger partial charge >= 0.3 is 0 Å². The average molecular weight is 308 g/mol. The van der Waals surface area contributed by atoms with Crippen LogP contribution < -0.4 is 0 Å². The SMILES string of the molecule is COC1CCN(S(=O)(=O)c2c(C)oc(C)c2CCl)C1. The van der Waals surface area contributed by atoms with E-state index in [-0.39, 0.29) is 16.9 Å². The molecule has 1 atom stereocenters. The molecule has 0 N–H and O–H groups in total. The van der Waals surface area contributed by atoms with Crippen molar-refractivity contribution in [3.05, 3.63) is 17.1 Å². The topological polar surface area (TPSA) is 59.8 Å². The summed E-state index contributed by atoms with van der Waals surface area (Å²) in [6.07, 6.45) is 0.671. The van der Waals surface area contributed by atoms with E-state index >= 15 is 0 Å². The molecule has 5 nitrogen and oxygen atoms in total. The maximum absolute atomic E-state index is 12.7. The van der Waals surface area contributed by atoms with Crippen LogP contribution in [0, 0.1) is 13.8 Å². The van der Waals surface area contributed by atoms with Gasteiger partial charge in [-0.25, -0.2) is 8.42 Å². The second-order valence-corrected chi connectivity index (χ2v) is 6.81. The van der Waals surface area contributed by atoms with Gasteiger partial charge in [-0.1, -0.05) is 0 Å². The molecule has 0 spiro atoms. The molecule has 2 heterocycles. The van der Waals surface area contributed by atoms with Crippen molar-refractivity contribution in [1.29, 1.82) is 0 Å². The summed E-state index contributed by atoms with van der Waals surface area (Å²) in [5.74, 6) is 1.09. The lowest BCUT2D eigenvalue weighted by molar-refractivity contribution is 0.115. The lowest BCUT2D eigenvalue weighted by Crippen LogP contribution is -2.30. The van der Waals surface area contributed by atoms with Crippen molar-refractivity contribution in [2.45, 2.75) is 37.1 Å². The van der Waals surface area contributed by atoms with E-state index in [4.69, 9.17) is 20.8 Å². The molecule has 1 aliphatic rings. The minimum absolute atomic E-state index is 0.0393. The molecular weight excluding hydrogens is 290 g/mol. The third-order valence-electron chi connectivity index (χ3n) is 3.50. The van der Waals surface area contributed by atoms with Crippen LogP contribution in [0.2, 0.25) is 0 Å².